The average Bonchev–Trinajstić information content (AvgIpc) is 3.19. The average molecular weight is 403 g/mol. The highest BCUT2D eigenvalue weighted by atomic mass is 16.3. The van der Waals surface area contributed by atoms with Crippen LogP contribution in [0.4, 0.5) is 11.6 Å². The van der Waals surface area contributed by atoms with E-state index in [0.717, 1.165) is 31.4 Å². The van der Waals surface area contributed by atoms with Gasteiger partial charge in [-0.15, -0.1) is 0 Å². The number of amides is 1. The number of aromatic nitrogens is 2. The van der Waals surface area contributed by atoms with E-state index in [2.05, 4.69) is 27.4 Å². The number of fused-ring (bicyclic) bond motifs is 2. The Morgan fingerprint density at radius 2 is 1.73 bits per heavy atom. The summed E-state index contributed by atoms with van der Waals surface area (Å²) in [5.74, 6) is -0.0345. The largest absolute Gasteiger partial charge is 0.393 e. The number of carbonyl (C=O) groups is 1. The van der Waals surface area contributed by atoms with Gasteiger partial charge in [-0.1, -0.05) is 24.3 Å². The summed E-state index contributed by atoms with van der Waals surface area (Å²) in [5.41, 5.74) is 10.2. The minimum Gasteiger partial charge on any atom is -0.393 e. The predicted octanol–water partition coefficient (Wildman–Crippen LogP) is 3.08. The summed E-state index contributed by atoms with van der Waals surface area (Å²) in [6.45, 7) is 1.14. The first kappa shape index (κ1) is 18.8. The van der Waals surface area contributed by atoms with Crippen LogP contribution in [0.3, 0.4) is 0 Å². The molecule has 1 aromatic heterocycles. The second-order valence-corrected chi connectivity index (χ2v) is 8.24. The molecular formula is C23H25N5O2. The molecule has 0 radical (unpaired) electrons. The molecular weight excluding hydrogens is 378 g/mol. The number of aliphatic hydroxyl groups is 1. The highest BCUT2D eigenvalue weighted by molar-refractivity contribution is 6.05. The zero-order valence-corrected chi connectivity index (χ0v) is 16.7. The van der Waals surface area contributed by atoms with Crippen LogP contribution in [0.15, 0.2) is 42.5 Å². The van der Waals surface area contributed by atoms with Crippen LogP contribution in [-0.2, 0) is 13.1 Å². The fourth-order valence-corrected chi connectivity index (χ4v) is 4.48. The second-order valence-electron chi connectivity index (χ2n) is 8.24. The number of aliphatic hydroxyl groups excluding tert-OH is 1. The third-order valence-corrected chi connectivity index (χ3v) is 6.11. The first-order valence-electron chi connectivity index (χ1n) is 10.4. The van der Waals surface area contributed by atoms with Gasteiger partial charge in [0.2, 0.25) is 5.95 Å². The molecule has 1 aliphatic carbocycles. The summed E-state index contributed by atoms with van der Waals surface area (Å²) < 4.78 is 0. The van der Waals surface area contributed by atoms with E-state index < -0.39 is 0 Å². The van der Waals surface area contributed by atoms with Crippen molar-refractivity contribution in [1.82, 2.24) is 14.9 Å². The number of nitrogen functional groups attached to an aromatic ring is 1. The molecule has 1 saturated carbocycles. The van der Waals surface area contributed by atoms with Crippen LogP contribution in [0, 0.1) is 0 Å². The molecule has 7 nitrogen and oxygen atoms in total. The SMILES string of the molecule is Nc1nc(C(=O)N2Cc3ccccc3C2)c2cc(NC3CCC(O)CC3)ccc2n1. The van der Waals surface area contributed by atoms with E-state index in [1.54, 1.807) is 4.90 Å². The molecule has 0 saturated heterocycles. The lowest BCUT2D eigenvalue weighted by Crippen LogP contribution is -2.28. The van der Waals surface area contributed by atoms with E-state index >= 15 is 0 Å². The molecule has 1 amide bonds. The van der Waals surface area contributed by atoms with Gasteiger partial charge >= 0.3 is 0 Å². The molecule has 154 valence electrons. The number of benzene rings is 2. The minimum absolute atomic E-state index is 0.101. The Balaban J connectivity index is 1.44. The van der Waals surface area contributed by atoms with Crippen molar-refractivity contribution >= 4 is 28.4 Å². The van der Waals surface area contributed by atoms with Gasteiger partial charge in [0.05, 0.1) is 11.6 Å². The highest BCUT2D eigenvalue weighted by Crippen LogP contribution is 2.29. The van der Waals surface area contributed by atoms with Crippen LogP contribution in [0.25, 0.3) is 10.9 Å². The molecule has 2 heterocycles. The Morgan fingerprint density at radius 1 is 1.03 bits per heavy atom. The predicted molar refractivity (Wildman–Crippen MR) is 116 cm³/mol. The quantitative estimate of drug-likeness (QED) is 0.621. The van der Waals surface area contributed by atoms with E-state index in [1.807, 2.05) is 30.3 Å². The zero-order valence-electron chi connectivity index (χ0n) is 16.7. The normalized spacial score (nSPS) is 20.9. The Hall–Kier alpha value is -3.19. The zero-order chi connectivity index (χ0) is 20.7. The molecule has 2 aliphatic rings. The molecule has 0 bridgehead atoms. The van der Waals surface area contributed by atoms with Gasteiger partial charge in [-0.25, -0.2) is 9.97 Å². The molecule has 7 heteroatoms. The Kier molecular flexibility index (Phi) is 4.75. The fraction of sp³-hybridized carbons (Fsp3) is 0.348. The Labute approximate surface area is 174 Å². The van der Waals surface area contributed by atoms with Crippen molar-refractivity contribution in [2.45, 2.75) is 50.9 Å². The maximum absolute atomic E-state index is 13.4. The summed E-state index contributed by atoms with van der Waals surface area (Å²) >= 11 is 0. The van der Waals surface area contributed by atoms with Crippen molar-refractivity contribution in [2.75, 3.05) is 11.1 Å². The minimum atomic E-state index is -0.190. The first-order chi connectivity index (χ1) is 14.6. The smallest absolute Gasteiger partial charge is 0.273 e. The Bertz CT molecular complexity index is 1080. The summed E-state index contributed by atoms with van der Waals surface area (Å²) in [7, 11) is 0. The second kappa shape index (κ2) is 7.57. The van der Waals surface area contributed by atoms with E-state index in [0.29, 0.717) is 35.7 Å². The van der Waals surface area contributed by atoms with E-state index in [9.17, 15) is 9.90 Å². The maximum atomic E-state index is 13.4. The third kappa shape index (κ3) is 3.57. The van der Waals surface area contributed by atoms with Crippen molar-refractivity contribution in [2.24, 2.45) is 0 Å². The lowest BCUT2D eigenvalue weighted by atomic mass is 9.93. The third-order valence-electron chi connectivity index (χ3n) is 6.11. The van der Waals surface area contributed by atoms with Crippen molar-refractivity contribution in [1.29, 1.82) is 0 Å². The van der Waals surface area contributed by atoms with Gasteiger partial charge in [0.25, 0.3) is 5.91 Å². The van der Waals surface area contributed by atoms with Crippen LogP contribution in [-0.4, -0.2) is 38.0 Å². The molecule has 30 heavy (non-hydrogen) atoms. The van der Waals surface area contributed by atoms with E-state index in [1.165, 1.54) is 11.1 Å². The van der Waals surface area contributed by atoms with Crippen molar-refractivity contribution in [3.05, 3.63) is 59.3 Å². The lowest BCUT2D eigenvalue weighted by molar-refractivity contribution is 0.0747. The highest BCUT2D eigenvalue weighted by Gasteiger charge is 2.27. The number of carbonyl (C=O) groups excluding carboxylic acids is 1. The Morgan fingerprint density at radius 3 is 2.43 bits per heavy atom. The number of nitrogens with zero attached hydrogens (tertiary/aromatic N) is 3. The number of hydrogen-bond donors (Lipinski definition) is 3. The van der Waals surface area contributed by atoms with Gasteiger partial charge in [-0.3, -0.25) is 4.79 Å². The lowest BCUT2D eigenvalue weighted by Gasteiger charge is -2.27. The van der Waals surface area contributed by atoms with Gasteiger partial charge in [-0.2, -0.15) is 0 Å². The number of nitrogens with one attached hydrogen (secondary N) is 1. The molecule has 1 fully saturated rings. The molecule has 0 spiro atoms. The van der Waals surface area contributed by atoms with Crippen molar-refractivity contribution in [3.8, 4) is 0 Å². The van der Waals surface area contributed by atoms with Crippen LogP contribution >= 0.6 is 0 Å². The van der Waals surface area contributed by atoms with Gasteiger partial charge in [-0.05, 0) is 55.0 Å². The molecule has 2 aromatic carbocycles. The molecule has 1 aliphatic heterocycles. The number of anilines is 2. The standard InChI is InChI=1S/C23H25N5O2/c24-23-26-20-10-7-17(25-16-5-8-18(29)9-6-16)11-19(20)21(27-23)22(30)28-12-14-3-1-2-4-15(14)13-28/h1-4,7,10-11,16,18,25,29H,5-6,8-9,12-13H2,(H2,24,26,27). The fourth-order valence-electron chi connectivity index (χ4n) is 4.48. The van der Waals surface area contributed by atoms with Gasteiger partial charge in [0.15, 0.2) is 0 Å². The van der Waals surface area contributed by atoms with Gasteiger partial charge in [0.1, 0.15) is 5.69 Å². The summed E-state index contributed by atoms with van der Waals surface area (Å²) in [4.78, 5) is 23.8. The molecule has 3 aromatic rings. The maximum Gasteiger partial charge on any atom is 0.273 e. The molecule has 0 unspecified atom stereocenters. The topological polar surface area (TPSA) is 104 Å². The van der Waals surface area contributed by atoms with E-state index in [4.69, 9.17) is 5.73 Å². The molecule has 4 N–H and O–H groups in total. The van der Waals surface area contributed by atoms with Gasteiger partial charge in [0, 0.05) is 30.2 Å². The first-order valence-corrected chi connectivity index (χ1v) is 10.4. The monoisotopic (exact) mass is 403 g/mol. The summed E-state index contributed by atoms with van der Waals surface area (Å²) in [5, 5.41) is 14.0. The summed E-state index contributed by atoms with van der Waals surface area (Å²) in [6.07, 6.45) is 3.28. The van der Waals surface area contributed by atoms with Crippen LogP contribution in [0.1, 0.15) is 47.3 Å². The number of rotatable bonds is 3. The molecule has 5 rings (SSSR count). The number of hydrogen-bond acceptors (Lipinski definition) is 6. The van der Waals surface area contributed by atoms with Crippen molar-refractivity contribution in [3.63, 3.8) is 0 Å². The summed E-state index contributed by atoms with van der Waals surface area (Å²) in [6, 6.07) is 14.2. The van der Waals surface area contributed by atoms with Crippen LogP contribution < -0.4 is 11.1 Å². The van der Waals surface area contributed by atoms with Crippen LogP contribution in [0.5, 0.6) is 0 Å². The van der Waals surface area contributed by atoms with Gasteiger partial charge < -0.3 is 21.1 Å². The van der Waals surface area contributed by atoms with Crippen LogP contribution in [0.2, 0.25) is 0 Å². The van der Waals surface area contributed by atoms with E-state index in [-0.39, 0.29) is 18.0 Å². The van der Waals surface area contributed by atoms with Crippen molar-refractivity contribution < 1.29 is 9.90 Å². The molecule has 0 atom stereocenters. The number of nitrogens with two attached hydrogens (primary N) is 1.